The first kappa shape index (κ1) is 28.8. The van der Waals surface area contributed by atoms with E-state index in [1.165, 1.54) is 12.1 Å². The van der Waals surface area contributed by atoms with Crippen LogP contribution < -0.4 is 20.1 Å². The minimum Gasteiger partial charge on any atom is -0.497 e. The Bertz CT molecular complexity index is 1630. The summed E-state index contributed by atoms with van der Waals surface area (Å²) in [5, 5.41) is 10.4. The zero-order valence-corrected chi connectivity index (χ0v) is 23.5. The number of ether oxygens (including phenoxy) is 2. The molecule has 0 fully saturated rings. The number of benzene rings is 3. The summed E-state index contributed by atoms with van der Waals surface area (Å²) in [5.41, 5.74) is 10.9. The van der Waals surface area contributed by atoms with Crippen molar-refractivity contribution in [3.05, 3.63) is 111 Å². The van der Waals surface area contributed by atoms with Gasteiger partial charge in [0.05, 0.1) is 30.2 Å². The van der Waals surface area contributed by atoms with E-state index in [-0.39, 0.29) is 23.8 Å². The molecule has 0 radical (unpaired) electrons. The fraction of sp³-hybridized carbons (Fsp3) is 0.273. The summed E-state index contributed by atoms with van der Waals surface area (Å²) < 4.78 is 51.0. The third-order valence-corrected chi connectivity index (χ3v) is 7.83. The number of nitrogens with zero attached hydrogens (tertiary/aromatic N) is 2. The highest BCUT2D eigenvalue weighted by atomic mass is 19.4. The van der Waals surface area contributed by atoms with Gasteiger partial charge in [0.25, 0.3) is 0 Å². The Balaban J connectivity index is 1.59. The quantitative estimate of drug-likeness (QED) is 0.335. The number of hydrogen-bond acceptors (Lipinski definition) is 6. The van der Waals surface area contributed by atoms with E-state index in [1.807, 2.05) is 50.2 Å². The lowest BCUT2D eigenvalue weighted by Gasteiger charge is -2.40. The second-order valence-electron chi connectivity index (χ2n) is 10.5. The van der Waals surface area contributed by atoms with E-state index in [0.29, 0.717) is 47.7 Å². The number of carbonyl (C=O) groups excluding carboxylic acids is 1. The van der Waals surface area contributed by atoms with Gasteiger partial charge in [-0.25, -0.2) is 0 Å². The summed E-state index contributed by atoms with van der Waals surface area (Å²) in [6.07, 6.45) is -3.11. The highest BCUT2D eigenvalue weighted by Gasteiger charge is 2.41. The largest absolute Gasteiger partial charge is 0.497 e. The number of nitriles is 1. The Kier molecular flexibility index (Phi) is 7.74. The van der Waals surface area contributed by atoms with Crippen LogP contribution in [0, 0.1) is 25.2 Å². The van der Waals surface area contributed by atoms with E-state index < -0.39 is 17.7 Å². The van der Waals surface area contributed by atoms with Gasteiger partial charge in [0.15, 0.2) is 5.78 Å². The van der Waals surface area contributed by atoms with Crippen LogP contribution in [0.25, 0.3) is 0 Å². The molecule has 0 aromatic heterocycles. The van der Waals surface area contributed by atoms with Crippen molar-refractivity contribution in [2.45, 2.75) is 51.8 Å². The Morgan fingerprint density at radius 2 is 1.69 bits per heavy atom. The molecule has 2 N–H and O–H groups in total. The van der Waals surface area contributed by atoms with Crippen molar-refractivity contribution < 1.29 is 27.4 Å². The summed E-state index contributed by atoms with van der Waals surface area (Å²) >= 11 is 0. The van der Waals surface area contributed by atoms with Crippen LogP contribution in [0.15, 0.2) is 83.3 Å². The number of nitrogens with two attached hydrogens (primary N) is 1. The Morgan fingerprint density at radius 3 is 2.31 bits per heavy atom. The van der Waals surface area contributed by atoms with Gasteiger partial charge in [0.1, 0.15) is 23.9 Å². The summed E-state index contributed by atoms with van der Waals surface area (Å²) in [6, 6.07) is 18.0. The minimum atomic E-state index is -4.49. The number of alkyl halides is 3. The van der Waals surface area contributed by atoms with Crippen LogP contribution >= 0.6 is 0 Å². The fourth-order valence-corrected chi connectivity index (χ4v) is 5.74. The second kappa shape index (κ2) is 11.3. The van der Waals surface area contributed by atoms with Crippen molar-refractivity contribution in [2.24, 2.45) is 5.73 Å². The van der Waals surface area contributed by atoms with Crippen LogP contribution in [-0.2, 0) is 17.6 Å². The van der Waals surface area contributed by atoms with Crippen LogP contribution in [0.1, 0.15) is 53.0 Å². The Hall–Kier alpha value is -4.71. The minimum absolute atomic E-state index is 0.102. The van der Waals surface area contributed by atoms with E-state index in [9.17, 15) is 23.2 Å². The predicted molar refractivity (Wildman–Crippen MR) is 153 cm³/mol. The molecule has 1 aliphatic carbocycles. The number of rotatable bonds is 6. The smallest absolute Gasteiger partial charge is 0.416 e. The molecule has 42 heavy (non-hydrogen) atoms. The molecule has 9 heteroatoms. The van der Waals surface area contributed by atoms with E-state index in [0.717, 1.165) is 34.4 Å². The number of hydrogen-bond donors (Lipinski definition) is 1. The molecule has 1 aliphatic heterocycles. The molecular formula is C33H30F3N3O3. The van der Waals surface area contributed by atoms with Gasteiger partial charge in [0, 0.05) is 23.4 Å². The number of carbonyl (C=O) groups is 1. The van der Waals surface area contributed by atoms with Crippen molar-refractivity contribution in [3.63, 3.8) is 0 Å². The summed E-state index contributed by atoms with van der Waals surface area (Å²) in [5.74, 6) is 0.678. The van der Waals surface area contributed by atoms with Gasteiger partial charge >= 0.3 is 6.18 Å². The second-order valence-corrected chi connectivity index (χ2v) is 10.5. The van der Waals surface area contributed by atoms with Crippen LogP contribution in [0.4, 0.5) is 18.9 Å². The molecule has 0 saturated heterocycles. The highest BCUT2D eigenvalue weighted by Crippen LogP contribution is 2.47. The molecule has 1 atom stereocenters. The molecule has 3 aromatic rings. The first-order valence-corrected chi connectivity index (χ1v) is 13.5. The Labute approximate surface area is 242 Å². The van der Waals surface area contributed by atoms with Gasteiger partial charge in [0.2, 0.25) is 0 Å². The standard InChI is InChI=1S/C33H30F3N3O3/c1-19-15-21(18-42-25-13-11-24(41-3)12-14-25)20(2)26(16-19)30-27(17-37)32(38)39(28-5-4-6-29(40)31(28)30)23-9-7-22(8-10-23)33(34,35)36/h7-16,30H,4-6,18,38H2,1-3H3. The maximum atomic E-state index is 13.5. The topological polar surface area (TPSA) is 88.6 Å². The van der Waals surface area contributed by atoms with Gasteiger partial charge in [-0.3, -0.25) is 9.69 Å². The van der Waals surface area contributed by atoms with E-state index in [4.69, 9.17) is 15.2 Å². The molecule has 2 aliphatic rings. The van der Waals surface area contributed by atoms with E-state index >= 15 is 0 Å². The number of aryl methyl sites for hydroxylation is 1. The van der Waals surface area contributed by atoms with Crippen LogP contribution in [0.2, 0.25) is 0 Å². The lowest BCUT2D eigenvalue weighted by atomic mass is 9.73. The molecular weight excluding hydrogens is 543 g/mol. The average Bonchev–Trinajstić information content (AvgIpc) is 2.97. The number of anilines is 1. The fourth-order valence-electron chi connectivity index (χ4n) is 5.74. The molecule has 5 rings (SSSR count). The summed E-state index contributed by atoms with van der Waals surface area (Å²) in [6.45, 7) is 4.13. The van der Waals surface area contributed by atoms with Crippen LogP contribution in [0.5, 0.6) is 11.5 Å². The molecule has 3 aromatic carbocycles. The number of halogens is 3. The van der Waals surface area contributed by atoms with Crippen molar-refractivity contribution in [1.29, 1.82) is 5.26 Å². The van der Waals surface area contributed by atoms with Gasteiger partial charge in [-0.15, -0.1) is 0 Å². The number of Topliss-reactive ketones (excluding diaryl/α,β-unsaturated/α-hetero) is 1. The maximum Gasteiger partial charge on any atom is 0.416 e. The highest BCUT2D eigenvalue weighted by molar-refractivity contribution is 6.01. The third kappa shape index (κ3) is 5.32. The van der Waals surface area contributed by atoms with Crippen molar-refractivity contribution in [1.82, 2.24) is 0 Å². The van der Waals surface area contributed by atoms with E-state index in [1.54, 1.807) is 12.0 Å². The summed E-state index contributed by atoms with van der Waals surface area (Å²) in [4.78, 5) is 15.1. The molecule has 6 nitrogen and oxygen atoms in total. The lowest BCUT2D eigenvalue weighted by molar-refractivity contribution is -0.137. The van der Waals surface area contributed by atoms with E-state index in [2.05, 4.69) is 6.07 Å². The summed E-state index contributed by atoms with van der Waals surface area (Å²) in [7, 11) is 1.59. The molecule has 0 saturated carbocycles. The number of methoxy groups -OCH3 is 1. The molecule has 1 heterocycles. The molecule has 1 unspecified atom stereocenters. The van der Waals surface area contributed by atoms with Crippen molar-refractivity contribution in [2.75, 3.05) is 12.0 Å². The molecule has 0 bridgehead atoms. The predicted octanol–water partition coefficient (Wildman–Crippen LogP) is 7.21. The first-order chi connectivity index (χ1) is 20.0. The van der Waals surface area contributed by atoms with Crippen LogP contribution in [-0.4, -0.2) is 12.9 Å². The maximum absolute atomic E-state index is 13.5. The Morgan fingerprint density at radius 1 is 1.02 bits per heavy atom. The molecule has 0 amide bonds. The van der Waals surface area contributed by atoms with Gasteiger partial charge in [-0.1, -0.05) is 17.7 Å². The van der Waals surface area contributed by atoms with Gasteiger partial charge < -0.3 is 15.2 Å². The SMILES string of the molecule is COc1ccc(OCc2cc(C)cc(C3C(C#N)=C(N)N(c4ccc(C(F)(F)F)cc4)C4=C3C(=O)CCC4)c2C)cc1. The third-order valence-electron chi connectivity index (χ3n) is 7.83. The van der Waals surface area contributed by atoms with Crippen LogP contribution in [0.3, 0.4) is 0 Å². The normalized spacial score (nSPS) is 17.2. The number of ketones is 1. The average molecular weight is 574 g/mol. The first-order valence-electron chi connectivity index (χ1n) is 13.5. The lowest BCUT2D eigenvalue weighted by Crippen LogP contribution is -2.39. The van der Waals surface area contributed by atoms with Gasteiger partial charge in [-0.05, 0) is 91.9 Å². The molecule has 0 spiro atoms. The zero-order chi connectivity index (χ0) is 30.2. The van der Waals surface area contributed by atoms with Gasteiger partial charge in [-0.2, -0.15) is 18.4 Å². The zero-order valence-electron chi connectivity index (χ0n) is 23.5. The number of allylic oxidation sites excluding steroid dienone is 3. The van der Waals surface area contributed by atoms with Crippen molar-refractivity contribution >= 4 is 11.5 Å². The van der Waals surface area contributed by atoms with Crippen molar-refractivity contribution in [3.8, 4) is 17.6 Å². The molecule has 216 valence electrons. The monoisotopic (exact) mass is 573 g/mol.